The molecule has 7 heteroatoms. The number of carbonyl (C=O) groups excluding carboxylic acids is 1. The van der Waals surface area contributed by atoms with Gasteiger partial charge in [0, 0.05) is 18.9 Å². The molecule has 0 spiro atoms. The van der Waals surface area contributed by atoms with E-state index >= 15 is 0 Å². The maximum atomic E-state index is 13.6. The molecule has 0 unspecified atom stereocenters. The van der Waals surface area contributed by atoms with Crippen LogP contribution in [0, 0.1) is 5.82 Å². The molecule has 0 radical (unpaired) electrons. The number of hydrogen-bond acceptors (Lipinski definition) is 4. The van der Waals surface area contributed by atoms with Crippen LogP contribution in [0.2, 0.25) is 0 Å². The van der Waals surface area contributed by atoms with Crippen molar-refractivity contribution in [1.82, 2.24) is 5.32 Å². The molecule has 2 aromatic carbocycles. The highest BCUT2D eigenvalue weighted by Gasteiger charge is 2.12. The van der Waals surface area contributed by atoms with Crippen LogP contribution in [0.25, 0.3) is 0 Å². The van der Waals surface area contributed by atoms with Gasteiger partial charge in [0.15, 0.2) is 5.11 Å². The van der Waals surface area contributed by atoms with Gasteiger partial charge in [-0.2, -0.15) is 0 Å². The van der Waals surface area contributed by atoms with Crippen LogP contribution in [0.5, 0.6) is 5.75 Å². The molecule has 24 heavy (non-hydrogen) atoms. The molecular weight excluding hydrogens is 331 g/mol. The Labute approximate surface area is 144 Å². The second-order valence-corrected chi connectivity index (χ2v) is 5.17. The van der Waals surface area contributed by atoms with Crippen LogP contribution in [0.15, 0.2) is 48.5 Å². The zero-order valence-electron chi connectivity index (χ0n) is 13.0. The molecule has 2 N–H and O–H groups in total. The van der Waals surface area contributed by atoms with Gasteiger partial charge in [0.1, 0.15) is 18.2 Å². The first-order valence-corrected chi connectivity index (χ1v) is 7.59. The fourth-order valence-electron chi connectivity index (χ4n) is 1.88. The van der Waals surface area contributed by atoms with Crippen molar-refractivity contribution in [3.05, 3.63) is 59.9 Å². The summed E-state index contributed by atoms with van der Waals surface area (Å²) in [4.78, 5) is 12.0. The Kier molecular flexibility index (Phi) is 6.65. The molecule has 2 rings (SSSR count). The maximum Gasteiger partial charge on any atom is 0.260 e. The van der Waals surface area contributed by atoms with Crippen molar-refractivity contribution in [3.63, 3.8) is 0 Å². The second kappa shape index (κ2) is 8.95. The van der Waals surface area contributed by atoms with Crippen LogP contribution in [0.1, 0.15) is 10.4 Å². The molecule has 126 valence electrons. The molecule has 0 saturated heterocycles. The van der Waals surface area contributed by atoms with E-state index in [4.69, 9.17) is 21.7 Å². The first kappa shape index (κ1) is 17.8. The molecule has 2 aromatic rings. The first-order valence-electron chi connectivity index (χ1n) is 7.19. The van der Waals surface area contributed by atoms with Crippen molar-refractivity contribution < 1.29 is 18.7 Å². The van der Waals surface area contributed by atoms with Gasteiger partial charge in [-0.1, -0.05) is 18.2 Å². The average molecular weight is 348 g/mol. The average Bonchev–Trinajstić information content (AvgIpc) is 2.55. The van der Waals surface area contributed by atoms with Gasteiger partial charge in [0.05, 0.1) is 12.2 Å². The zero-order chi connectivity index (χ0) is 17.4. The van der Waals surface area contributed by atoms with E-state index in [-0.39, 0.29) is 10.7 Å². The highest BCUT2D eigenvalue weighted by molar-refractivity contribution is 7.80. The number of thiocarbonyl (C=S) groups is 1. The smallest absolute Gasteiger partial charge is 0.260 e. The molecule has 0 saturated carbocycles. The molecule has 5 nitrogen and oxygen atoms in total. The topological polar surface area (TPSA) is 59.6 Å². The second-order valence-electron chi connectivity index (χ2n) is 4.76. The minimum atomic E-state index is -0.613. The molecule has 0 heterocycles. The highest BCUT2D eigenvalue weighted by atomic mass is 32.1. The van der Waals surface area contributed by atoms with Crippen molar-refractivity contribution in [2.24, 2.45) is 0 Å². The lowest BCUT2D eigenvalue weighted by molar-refractivity contribution is 0.0974. The van der Waals surface area contributed by atoms with E-state index in [2.05, 4.69) is 10.6 Å². The van der Waals surface area contributed by atoms with Gasteiger partial charge in [-0.15, -0.1) is 0 Å². The first-order chi connectivity index (χ1) is 11.6. The fourth-order valence-corrected chi connectivity index (χ4v) is 2.10. The Bertz CT molecular complexity index is 724. The summed E-state index contributed by atoms with van der Waals surface area (Å²) in [5.74, 6) is -0.579. The Morgan fingerprint density at radius 3 is 2.71 bits per heavy atom. The zero-order valence-corrected chi connectivity index (χ0v) is 13.9. The fraction of sp³-hybridized carbons (Fsp3) is 0.176. The Balaban J connectivity index is 1.93. The predicted octanol–water partition coefficient (Wildman–Crippen LogP) is 2.98. The Hall–Kier alpha value is -2.51. The number of amides is 1. The van der Waals surface area contributed by atoms with Gasteiger partial charge in [-0.05, 0) is 36.5 Å². The quantitative estimate of drug-likeness (QED) is 0.621. The molecule has 0 aliphatic heterocycles. The third-order valence-corrected chi connectivity index (χ3v) is 3.20. The van der Waals surface area contributed by atoms with E-state index in [1.807, 2.05) is 0 Å². The summed E-state index contributed by atoms with van der Waals surface area (Å²) in [6.45, 7) is 0.906. The molecule has 0 aliphatic carbocycles. The maximum absolute atomic E-state index is 13.6. The lowest BCUT2D eigenvalue weighted by atomic mass is 10.2. The summed E-state index contributed by atoms with van der Waals surface area (Å²) in [5.41, 5.74) is 0.571. The molecule has 0 fully saturated rings. The van der Waals surface area contributed by atoms with Crippen molar-refractivity contribution in [2.75, 3.05) is 25.6 Å². The Morgan fingerprint density at radius 1 is 1.17 bits per heavy atom. The summed E-state index contributed by atoms with van der Waals surface area (Å²) in [6.07, 6.45) is 0. The minimum absolute atomic E-state index is 0.0669. The van der Waals surface area contributed by atoms with Crippen molar-refractivity contribution >= 4 is 28.9 Å². The van der Waals surface area contributed by atoms with Crippen molar-refractivity contribution in [2.45, 2.75) is 0 Å². The van der Waals surface area contributed by atoms with E-state index in [9.17, 15) is 9.18 Å². The largest absolute Gasteiger partial charge is 0.491 e. The van der Waals surface area contributed by atoms with E-state index in [1.165, 1.54) is 18.2 Å². The number of benzene rings is 2. The molecular formula is C17H17FN2O3S. The number of carbonyl (C=O) groups is 1. The monoisotopic (exact) mass is 348 g/mol. The number of nitrogens with one attached hydrogen (secondary N) is 2. The molecule has 1 amide bonds. The summed E-state index contributed by atoms with van der Waals surface area (Å²) in [5, 5.41) is 5.36. The van der Waals surface area contributed by atoms with Gasteiger partial charge in [-0.25, -0.2) is 4.39 Å². The number of hydrogen-bond donors (Lipinski definition) is 2. The number of ether oxygens (including phenoxy) is 2. The number of anilines is 1. The van der Waals surface area contributed by atoms with E-state index in [0.29, 0.717) is 24.7 Å². The standard InChI is InChI=1S/C17H17FN2O3S/c1-22-9-10-23-13-6-4-5-12(11-13)19-17(24)20-16(21)14-7-2-3-8-15(14)18/h2-8,11H,9-10H2,1H3,(H2,19,20,21,24). The summed E-state index contributed by atoms with van der Waals surface area (Å²) < 4.78 is 24.0. The van der Waals surface area contributed by atoms with Gasteiger partial charge in [0.25, 0.3) is 5.91 Å². The lowest BCUT2D eigenvalue weighted by Gasteiger charge is -2.11. The van der Waals surface area contributed by atoms with Gasteiger partial charge >= 0.3 is 0 Å². The summed E-state index contributed by atoms with van der Waals surface area (Å²) >= 11 is 5.08. The van der Waals surface area contributed by atoms with Crippen molar-refractivity contribution in [1.29, 1.82) is 0 Å². The predicted molar refractivity (Wildman–Crippen MR) is 93.9 cm³/mol. The summed E-state index contributed by atoms with van der Waals surface area (Å²) in [6, 6.07) is 12.8. The van der Waals surface area contributed by atoms with Crippen LogP contribution < -0.4 is 15.4 Å². The van der Waals surface area contributed by atoms with Crippen molar-refractivity contribution in [3.8, 4) is 5.75 Å². The highest BCUT2D eigenvalue weighted by Crippen LogP contribution is 2.17. The minimum Gasteiger partial charge on any atom is -0.491 e. The van der Waals surface area contributed by atoms with Crippen LogP contribution in [0.3, 0.4) is 0 Å². The molecule has 0 aromatic heterocycles. The molecule has 0 atom stereocenters. The van der Waals surface area contributed by atoms with Crippen LogP contribution in [-0.2, 0) is 4.74 Å². The van der Waals surface area contributed by atoms with E-state index in [1.54, 1.807) is 37.4 Å². The summed E-state index contributed by atoms with van der Waals surface area (Å²) in [7, 11) is 1.60. The van der Waals surface area contributed by atoms with E-state index in [0.717, 1.165) is 0 Å². The van der Waals surface area contributed by atoms with Gasteiger partial charge in [-0.3, -0.25) is 10.1 Å². The Morgan fingerprint density at radius 2 is 1.96 bits per heavy atom. The number of methoxy groups -OCH3 is 1. The molecule has 0 aliphatic rings. The van der Waals surface area contributed by atoms with Gasteiger partial charge in [0.2, 0.25) is 0 Å². The van der Waals surface area contributed by atoms with Crippen LogP contribution in [-0.4, -0.2) is 31.3 Å². The third-order valence-electron chi connectivity index (χ3n) is 2.99. The number of rotatable bonds is 6. The molecule has 0 bridgehead atoms. The van der Waals surface area contributed by atoms with E-state index < -0.39 is 11.7 Å². The van der Waals surface area contributed by atoms with Gasteiger partial charge < -0.3 is 14.8 Å². The van der Waals surface area contributed by atoms with Crippen LogP contribution >= 0.6 is 12.2 Å². The SMILES string of the molecule is COCCOc1cccc(NC(=S)NC(=O)c2ccccc2F)c1. The lowest BCUT2D eigenvalue weighted by Crippen LogP contribution is -2.34. The van der Waals surface area contributed by atoms with Crippen LogP contribution in [0.4, 0.5) is 10.1 Å². The normalized spacial score (nSPS) is 10.1. The third kappa shape index (κ3) is 5.29. The number of halogens is 1.